The molecule has 0 radical (unpaired) electrons. The molecule has 1 aromatic carbocycles. The van der Waals surface area contributed by atoms with Gasteiger partial charge in [0, 0.05) is 32.7 Å². The van der Waals surface area contributed by atoms with E-state index < -0.39 is 5.82 Å². The smallest absolute Gasteiger partial charge is 0.255 e. The second kappa shape index (κ2) is 6.52. The summed E-state index contributed by atoms with van der Waals surface area (Å²) in [6, 6.07) is 3.85. The van der Waals surface area contributed by atoms with Gasteiger partial charge in [-0.25, -0.2) is 4.39 Å². The van der Waals surface area contributed by atoms with Crippen LogP contribution in [-0.2, 0) is 0 Å². The number of benzene rings is 1. The molecule has 1 aliphatic carbocycles. The molecule has 0 unspecified atom stereocenters. The zero-order valence-corrected chi connectivity index (χ0v) is 13.1. The van der Waals surface area contributed by atoms with Crippen molar-refractivity contribution in [1.82, 2.24) is 9.80 Å². The topological polar surface area (TPSA) is 43.8 Å². The van der Waals surface area contributed by atoms with Crippen LogP contribution in [0.3, 0.4) is 0 Å². The highest BCUT2D eigenvalue weighted by atomic mass is 35.5. The van der Waals surface area contributed by atoms with Crippen molar-refractivity contribution in [3.8, 4) is 0 Å². The maximum absolute atomic E-state index is 13.1. The lowest BCUT2D eigenvalue weighted by Crippen LogP contribution is -2.50. The molecule has 1 aliphatic heterocycles. The molecule has 4 nitrogen and oxygen atoms in total. The molecule has 0 bridgehead atoms. The van der Waals surface area contributed by atoms with Gasteiger partial charge < -0.3 is 10.0 Å². The first kappa shape index (κ1) is 15.7. The van der Waals surface area contributed by atoms with Crippen molar-refractivity contribution < 1.29 is 14.3 Å². The van der Waals surface area contributed by atoms with E-state index in [4.69, 9.17) is 11.6 Å². The molecule has 1 amide bonds. The summed E-state index contributed by atoms with van der Waals surface area (Å²) < 4.78 is 13.1. The van der Waals surface area contributed by atoms with E-state index in [1.807, 2.05) is 0 Å². The average molecular weight is 327 g/mol. The summed E-state index contributed by atoms with van der Waals surface area (Å²) in [5.41, 5.74) is 0.342. The van der Waals surface area contributed by atoms with E-state index in [0.29, 0.717) is 31.1 Å². The number of piperazine rings is 1. The van der Waals surface area contributed by atoms with E-state index >= 15 is 0 Å². The minimum atomic E-state index is -0.444. The summed E-state index contributed by atoms with van der Waals surface area (Å²) >= 11 is 5.95. The Hall–Kier alpha value is -1.17. The fraction of sp³-hybridized carbons (Fsp3) is 0.562. The van der Waals surface area contributed by atoms with E-state index in [1.165, 1.54) is 12.1 Å². The molecule has 6 heteroatoms. The van der Waals surface area contributed by atoms with Gasteiger partial charge in [-0.1, -0.05) is 11.6 Å². The number of halogens is 2. The maximum atomic E-state index is 13.1. The first-order chi connectivity index (χ1) is 10.5. The summed E-state index contributed by atoms with van der Waals surface area (Å²) in [4.78, 5) is 16.4. The van der Waals surface area contributed by atoms with Crippen LogP contribution in [0, 0.1) is 11.7 Å². The first-order valence-electron chi connectivity index (χ1n) is 7.69. The molecule has 1 atom stereocenters. The lowest BCUT2D eigenvalue weighted by Gasteiger charge is -2.35. The van der Waals surface area contributed by atoms with Crippen molar-refractivity contribution in [3.05, 3.63) is 34.6 Å². The molecule has 0 aromatic heterocycles. The molecule has 1 saturated heterocycles. The van der Waals surface area contributed by atoms with Gasteiger partial charge in [0.2, 0.25) is 0 Å². The SMILES string of the molecule is O=C(c1ccc(F)cc1Cl)N1CCN(C[C@@H](O)C2CC2)CC1. The molecule has 1 aromatic rings. The largest absolute Gasteiger partial charge is 0.392 e. The summed E-state index contributed by atoms with van der Waals surface area (Å²) in [7, 11) is 0. The van der Waals surface area contributed by atoms with E-state index in [9.17, 15) is 14.3 Å². The van der Waals surface area contributed by atoms with Gasteiger partial charge in [-0.3, -0.25) is 9.69 Å². The van der Waals surface area contributed by atoms with Crippen molar-refractivity contribution in [3.63, 3.8) is 0 Å². The summed E-state index contributed by atoms with van der Waals surface area (Å²) in [6.45, 7) is 3.38. The highest BCUT2D eigenvalue weighted by molar-refractivity contribution is 6.33. The van der Waals surface area contributed by atoms with Crippen molar-refractivity contribution in [1.29, 1.82) is 0 Å². The van der Waals surface area contributed by atoms with Gasteiger partial charge in [0.15, 0.2) is 0 Å². The van der Waals surface area contributed by atoms with Gasteiger partial charge in [-0.05, 0) is 37.0 Å². The number of aliphatic hydroxyl groups is 1. The Bertz CT molecular complexity index is 557. The molecule has 2 aliphatic rings. The Morgan fingerprint density at radius 3 is 2.59 bits per heavy atom. The molecule has 1 saturated carbocycles. The number of amides is 1. The Morgan fingerprint density at radius 2 is 2.00 bits per heavy atom. The van der Waals surface area contributed by atoms with Gasteiger partial charge in [0.1, 0.15) is 5.82 Å². The number of carbonyl (C=O) groups excluding carboxylic acids is 1. The second-order valence-electron chi connectivity index (χ2n) is 6.12. The highest BCUT2D eigenvalue weighted by Crippen LogP contribution is 2.33. The molecule has 2 fully saturated rings. The third kappa shape index (κ3) is 3.59. The van der Waals surface area contributed by atoms with Gasteiger partial charge in [-0.15, -0.1) is 0 Å². The Kier molecular flexibility index (Phi) is 4.66. The average Bonchev–Trinajstić information content (AvgIpc) is 3.32. The molecule has 1 N–H and O–H groups in total. The zero-order valence-electron chi connectivity index (χ0n) is 12.3. The van der Waals surface area contributed by atoms with Crippen LogP contribution in [0.1, 0.15) is 23.2 Å². The van der Waals surface area contributed by atoms with Crippen molar-refractivity contribution >= 4 is 17.5 Å². The van der Waals surface area contributed by atoms with Crippen molar-refractivity contribution in [2.75, 3.05) is 32.7 Å². The normalized spacial score (nSPS) is 21.0. The van der Waals surface area contributed by atoms with Crippen LogP contribution in [-0.4, -0.2) is 59.6 Å². The van der Waals surface area contributed by atoms with Crippen LogP contribution in [0.25, 0.3) is 0 Å². The van der Waals surface area contributed by atoms with E-state index in [0.717, 1.165) is 32.0 Å². The lowest BCUT2D eigenvalue weighted by molar-refractivity contribution is 0.0489. The van der Waals surface area contributed by atoms with Crippen LogP contribution in [0.15, 0.2) is 18.2 Å². The van der Waals surface area contributed by atoms with Crippen LogP contribution in [0.4, 0.5) is 4.39 Å². The second-order valence-corrected chi connectivity index (χ2v) is 6.53. The predicted molar refractivity (Wildman–Crippen MR) is 82.5 cm³/mol. The number of rotatable bonds is 4. The molecule has 120 valence electrons. The molecule has 1 heterocycles. The quantitative estimate of drug-likeness (QED) is 0.920. The first-order valence-corrected chi connectivity index (χ1v) is 8.07. The standard InChI is InChI=1S/C16H20ClFN2O2/c17-14-9-12(18)3-4-13(14)16(22)20-7-5-19(6-8-20)10-15(21)11-1-2-11/h3-4,9,11,15,21H,1-2,5-8,10H2/t15-/m1/s1. The third-order valence-electron chi connectivity index (χ3n) is 4.43. The predicted octanol–water partition coefficient (Wildman–Crippen LogP) is 2.01. The summed E-state index contributed by atoms with van der Waals surface area (Å²) in [6.07, 6.45) is 2.01. The maximum Gasteiger partial charge on any atom is 0.255 e. The number of carbonyl (C=O) groups is 1. The molecule has 3 rings (SSSR count). The van der Waals surface area contributed by atoms with Crippen molar-refractivity contribution in [2.24, 2.45) is 5.92 Å². The Balaban J connectivity index is 1.55. The zero-order chi connectivity index (χ0) is 15.7. The van der Waals surface area contributed by atoms with Gasteiger partial charge in [-0.2, -0.15) is 0 Å². The summed E-state index contributed by atoms with van der Waals surface area (Å²) in [5, 5.41) is 10.1. The Morgan fingerprint density at radius 1 is 1.32 bits per heavy atom. The molecular weight excluding hydrogens is 307 g/mol. The van der Waals surface area contributed by atoms with Gasteiger partial charge >= 0.3 is 0 Å². The summed E-state index contributed by atoms with van der Waals surface area (Å²) in [5.74, 6) is -0.134. The van der Waals surface area contributed by atoms with Crippen LogP contribution < -0.4 is 0 Å². The molecule has 0 spiro atoms. The minimum Gasteiger partial charge on any atom is -0.392 e. The fourth-order valence-electron chi connectivity index (χ4n) is 2.86. The van der Waals surface area contributed by atoms with E-state index in [1.54, 1.807) is 4.90 Å². The number of aliphatic hydroxyl groups excluding tert-OH is 1. The minimum absolute atomic E-state index is 0.150. The van der Waals surface area contributed by atoms with Gasteiger partial charge in [0.05, 0.1) is 16.7 Å². The lowest BCUT2D eigenvalue weighted by atomic mass is 10.1. The Labute approximate surface area is 134 Å². The third-order valence-corrected chi connectivity index (χ3v) is 4.75. The number of nitrogens with zero attached hydrogens (tertiary/aromatic N) is 2. The molecular formula is C16H20ClFN2O2. The number of hydrogen-bond donors (Lipinski definition) is 1. The van der Waals surface area contributed by atoms with Crippen LogP contribution in [0.2, 0.25) is 5.02 Å². The highest BCUT2D eigenvalue weighted by Gasteiger charge is 2.32. The van der Waals surface area contributed by atoms with E-state index in [-0.39, 0.29) is 17.0 Å². The van der Waals surface area contributed by atoms with Crippen molar-refractivity contribution in [2.45, 2.75) is 18.9 Å². The number of hydrogen-bond acceptors (Lipinski definition) is 3. The van der Waals surface area contributed by atoms with Crippen LogP contribution in [0.5, 0.6) is 0 Å². The van der Waals surface area contributed by atoms with Crippen LogP contribution >= 0.6 is 11.6 Å². The number of β-amino-alcohol motifs (C(OH)–C–C–N with tert-alkyl or cyclic N) is 1. The van der Waals surface area contributed by atoms with Gasteiger partial charge in [0.25, 0.3) is 5.91 Å². The van der Waals surface area contributed by atoms with E-state index in [2.05, 4.69) is 4.90 Å². The fourth-order valence-corrected chi connectivity index (χ4v) is 3.11. The monoisotopic (exact) mass is 326 g/mol. The molecule has 22 heavy (non-hydrogen) atoms.